The summed E-state index contributed by atoms with van der Waals surface area (Å²) in [5, 5.41) is 5.71. The van der Waals surface area contributed by atoms with Crippen LogP contribution >= 0.6 is 24.8 Å². The first-order chi connectivity index (χ1) is 32.5. The molecular weight excluding hydrogens is 983 g/mol. The fourth-order valence-electron chi connectivity index (χ4n) is 16.3. The van der Waals surface area contributed by atoms with Crippen molar-refractivity contribution in [1.82, 2.24) is 0 Å². The molecule has 8 aliphatic rings. The Hall–Kier alpha value is -3.78. The molecule has 0 spiro atoms. The van der Waals surface area contributed by atoms with Crippen molar-refractivity contribution in [3.8, 4) is 44.5 Å². The summed E-state index contributed by atoms with van der Waals surface area (Å²) in [6.07, 6.45) is 20.6. The summed E-state index contributed by atoms with van der Waals surface area (Å²) in [5.41, 5.74) is 15.1. The van der Waals surface area contributed by atoms with Gasteiger partial charge in [0.2, 0.25) is 0 Å². The fraction of sp³-hybridized carbons (Fsp3) is 0.333. The molecule has 70 heavy (non-hydrogen) atoms. The zero-order valence-corrected chi connectivity index (χ0v) is 46.4. The van der Waals surface area contributed by atoms with Crippen molar-refractivity contribution in [2.24, 2.45) is 46.3 Å². The molecule has 0 N–H and O–H groups in total. The number of hydrogen-bond acceptors (Lipinski definition) is 0. The number of hydrogen-bond donors (Lipinski definition) is 0. The average molecular weight is 1050 g/mol. The summed E-state index contributed by atoms with van der Waals surface area (Å²) in [7, 11) is 0. The maximum Gasteiger partial charge on any atom is -0.0265 e. The van der Waals surface area contributed by atoms with Gasteiger partial charge in [-0.15, -0.1) is 69.6 Å². The van der Waals surface area contributed by atoms with Gasteiger partial charge in [-0.1, -0.05) is 179 Å². The van der Waals surface area contributed by atoms with Gasteiger partial charge in [-0.3, -0.25) is 0 Å². The normalized spacial score (nSPS) is 26.0. The molecule has 0 heterocycles. The Bertz CT molecular complexity index is 2540. The van der Waals surface area contributed by atoms with Crippen molar-refractivity contribution >= 4 is 53.2 Å². The Kier molecular flexibility index (Phi) is 16.6. The Morgan fingerprint density at radius 2 is 0.614 bits per heavy atom. The van der Waals surface area contributed by atoms with Crippen LogP contribution in [0, 0.1) is 61.2 Å². The molecule has 0 aliphatic heterocycles. The molecule has 8 aliphatic carbocycles. The van der Waals surface area contributed by atoms with Gasteiger partial charge in [0.05, 0.1) is 0 Å². The molecule has 360 valence electrons. The first-order valence-corrected chi connectivity index (χ1v) is 29.6. The fourth-order valence-corrected chi connectivity index (χ4v) is 16.3. The standard InChI is InChI=1S/2C32H31.2CH3.2ClH.Si.Zr/c2*1-3-7-26(8-4-1)28-11-12-29(27-9-5-2-6-10-27)31-17-25(16-30(28)31)21-32-18-22-13-23(19-32)15-24(14-22)20-32;;;;;;/h2*1-12,16-17,22-24H,13-15,18-21H2;2*1H3;2*1H;;/q4*-1;;;;. The Morgan fingerprint density at radius 1 is 0.371 bits per heavy atom. The third kappa shape index (κ3) is 10.3. The topological polar surface area (TPSA) is 0 Å². The van der Waals surface area contributed by atoms with Crippen molar-refractivity contribution in [1.29, 1.82) is 0 Å². The van der Waals surface area contributed by atoms with Crippen LogP contribution in [-0.2, 0) is 36.2 Å². The van der Waals surface area contributed by atoms with Gasteiger partial charge in [0.25, 0.3) is 0 Å². The second-order valence-electron chi connectivity index (χ2n) is 22.4. The summed E-state index contributed by atoms with van der Waals surface area (Å²) in [5.74, 6) is 6.11. The molecule has 8 bridgehead atoms. The Morgan fingerprint density at radius 3 is 0.886 bits per heavy atom. The van der Waals surface area contributed by atoms with Gasteiger partial charge < -0.3 is 14.9 Å². The van der Waals surface area contributed by atoms with Crippen LogP contribution in [0.3, 0.4) is 0 Å². The SMILES string of the molecule is Cl.Cl.[CH3-].[CH3-].[Si]=[Zr].c1ccc(-c2ccc(-c3ccccc3)c3[cH-]c(CC45CC6CC(CC(C6)C4)C5)cc23)cc1.c1ccc(-c2ccc(-c3ccccc3)c3[cH-]c(CC45CC6CC(CC(C6)C4)C5)cc23)cc1. The quantitative estimate of drug-likeness (QED) is 0.105. The van der Waals surface area contributed by atoms with Gasteiger partial charge in [0.15, 0.2) is 0 Å². The minimum atomic E-state index is 0. The molecule has 0 nitrogen and oxygen atoms in total. The summed E-state index contributed by atoms with van der Waals surface area (Å²) in [6.45, 7) is 3.06. The molecule has 16 rings (SSSR count). The van der Waals surface area contributed by atoms with Crippen LogP contribution in [0.4, 0.5) is 0 Å². The number of halogens is 2. The zero-order valence-electron chi connectivity index (χ0n) is 41.3. The summed E-state index contributed by atoms with van der Waals surface area (Å²) in [4.78, 5) is 0. The van der Waals surface area contributed by atoms with Gasteiger partial charge in [-0.25, -0.2) is 0 Å². The largest absolute Gasteiger partial charge is 0.164 e. The van der Waals surface area contributed by atoms with E-state index in [2.05, 4.69) is 177 Å². The van der Waals surface area contributed by atoms with Crippen LogP contribution < -0.4 is 0 Å². The number of benzene rings is 6. The van der Waals surface area contributed by atoms with Crippen LogP contribution in [0.1, 0.15) is 88.2 Å². The van der Waals surface area contributed by atoms with Crippen molar-refractivity contribution in [2.45, 2.75) is 89.9 Å². The van der Waals surface area contributed by atoms with E-state index in [0.29, 0.717) is 10.8 Å². The number of fused-ring (bicyclic) bond motifs is 2. The summed E-state index contributed by atoms with van der Waals surface area (Å²) >= 11 is 1.36. The van der Waals surface area contributed by atoms with E-state index in [1.807, 2.05) is 0 Å². The predicted molar refractivity (Wildman–Crippen MR) is 303 cm³/mol. The third-order valence-electron chi connectivity index (χ3n) is 17.7. The van der Waals surface area contributed by atoms with Gasteiger partial charge in [0.1, 0.15) is 0 Å². The Balaban J connectivity index is 0.000000172. The smallest absolute Gasteiger partial charge is 0.0265 e. The van der Waals surface area contributed by atoms with Crippen molar-refractivity contribution in [3.05, 3.63) is 196 Å². The molecule has 0 saturated heterocycles. The van der Waals surface area contributed by atoms with E-state index < -0.39 is 0 Å². The van der Waals surface area contributed by atoms with E-state index in [1.54, 1.807) is 11.1 Å². The van der Waals surface area contributed by atoms with Gasteiger partial charge in [-0.05, 0) is 147 Å². The molecule has 0 aromatic heterocycles. The van der Waals surface area contributed by atoms with Crippen molar-refractivity contribution < 1.29 is 23.3 Å². The second kappa shape index (κ2) is 22.1. The summed E-state index contributed by atoms with van der Waals surface area (Å²) in [6, 6.07) is 63.3. The molecule has 8 aromatic carbocycles. The van der Waals surface area contributed by atoms with Crippen LogP contribution in [-0.4, -0.2) is 6.88 Å². The number of rotatable bonds is 8. The molecular formula is C66H70Cl2SiZr-4. The average Bonchev–Trinajstić information content (AvgIpc) is 3.96. The van der Waals surface area contributed by atoms with Crippen molar-refractivity contribution in [2.75, 3.05) is 0 Å². The van der Waals surface area contributed by atoms with Gasteiger partial charge >= 0.3 is 30.2 Å². The van der Waals surface area contributed by atoms with E-state index in [4.69, 9.17) is 0 Å². The maximum atomic E-state index is 3.06. The van der Waals surface area contributed by atoms with Crippen molar-refractivity contribution in [3.63, 3.8) is 0 Å². The molecule has 0 unspecified atom stereocenters. The molecule has 2 radical (unpaired) electrons. The van der Waals surface area contributed by atoms with Crippen LogP contribution in [0.2, 0.25) is 0 Å². The third-order valence-corrected chi connectivity index (χ3v) is 17.7. The maximum absolute atomic E-state index is 3.06. The zero-order chi connectivity index (χ0) is 44.2. The predicted octanol–water partition coefficient (Wildman–Crippen LogP) is 18.7. The van der Waals surface area contributed by atoms with Crippen LogP contribution in [0.15, 0.2) is 170 Å². The van der Waals surface area contributed by atoms with E-state index in [9.17, 15) is 0 Å². The molecule has 8 aromatic rings. The summed E-state index contributed by atoms with van der Waals surface area (Å²) < 4.78 is 0. The van der Waals surface area contributed by atoms with E-state index >= 15 is 0 Å². The molecule has 0 atom stereocenters. The monoisotopic (exact) mass is 1050 g/mol. The minimum absolute atomic E-state index is 0. The first kappa shape index (κ1) is 52.5. The first-order valence-electron chi connectivity index (χ1n) is 25.4. The molecule has 8 fully saturated rings. The Labute approximate surface area is 449 Å². The van der Waals surface area contributed by atoms with E-state index in [1.165, 1.54) is 179 Å². The molecule has 0 amide bonds. The van der Waals surface area contributed by atoms with E-state index in [-0.39, 0.29) is 39.7 Å². The minimum Gasteiger partial charge on any atom is -0.164 e. The van der Waals surface area contributed by atoms with E-state index in [0.717, 1.165) is 35.5 Å². The molecule has 4 heteroatoms. The molecule has 8 saturated carbocycles. The van der Waals surface area contributed by atoms with Gasteiger partial charge in [0, 0.05) is 0 Å². The van der Waals surface area contributed by atoms with Crippen LogP contribution in [0.5, 0.6) is 0 Å². The second-order valence-corrected chi connectivity index (χ2v) is 22.4. The van der Waals surface area contributed by atoms with Crippen LogP contribution in [0.25, 0.3) is 66.1 Å². The van der Waals surface area contributed by atoms with Gasteiger partial charge in [-0.2, -0.15) is 12.1 Å².